The SMILES string of the molecule is Cc1onc2c1c(=O)n(C1CCCC(NC(=O)C(=O)c3ccccc3)C1)c1cccc(Cl)c21. The lowest BCUT2D eigenvalue weighted by Gasteiger charge is -2.31. The average molecular weight is 464 g/mol. The van der Waals surface area contributed by atoms with Crippen LogP contribution in [0, 0.1) is 6.92 Å². The first-order chi connectivity index (χ1) is 16.0. The van der Waals surface area contributed by atoms with Gasteiger partial charge in [-0.3, -0.25) is 14.4 Å². The Labute approximate surface area is 194 Å². The molecule has 8 heteroatoms. The highest BCUT2D eigenvalue weighted by molar-refractivity contribution is 6.42. The number of rotatable bonds is 4. The maximum Gasteiger partial charge on any atom is 0.292 e. The Morgan fingerprint density at radius 1 is 1.09 bits per heavy atom. The number of aromatic nitrogens is 2. The first-order valence-electron chi connectivity index (χ1n) is 10.9. The van der Waals surface area contributed by atoms with Gasteiger partial charge in [-0.15, -0.1) is 0 Å². The summed E-state index contributed by atoms with van der Waals surface area (Å²) in [6.07, 6.45) is 2.86. The highest BCUT2D eigenvalue weighted by Gasteiger charge is 2.30. The van der Waals surface area contributed by atoms with Gasteiger partial charge in [0.1, 0.15) is 16.7 Å². The summed E-state index contributed by atoms with van der Waals surface area (Å²) in [5.74, 6) is -0.745. The van der Waals surface area contributed by atoms with Crippen LogP contribution in [-0.2, 0) is 4.79 Å². The predicted octanol–water partition coefficient (Wildman–Crippen LogP) is 4.59. The van der Waals surface area contributed by atoms with E-state index >= 15 is 0 Å². The lowest BCUT2D eigenvalue weighted by atomic mass is 9.90. The molecule has 1 aliphatic carbocycles. The molecule has 0 radical (unpaired) electrons. The Kier molecular flexibility index (Phi) is 5.50. The summed E-state index contributed by atoms with van der Waals surface area (Å²) >= 11 is 6.51. The van der Waals surface area contributed by atoms with Gasteiger partial charge < -0.3 is 14.4 Å². The summed E-state index contributed by atoms with van der Waals surface area (Å²) in [4.78, 5) is 38.6. The van der Waals surface area contributed by atoms with Crippen molar-refractivity contribution in [2.24, 2.45) is 0 Å². The number of Topliss-reactive ketones (excluding diaryl/α,β-unsaturated/α-hetero) is 1. The lowest BCUT2D eigenvalue weighted by molar-refractivity contribution is -0.117. The van der Waals surface area contributed by atoms with E-state index in [1.807, 2.05) is 6.07 Å². The topological polar surface area (TPSA) is 94.2 Å². The molecular formula is C25H22ClN3O4. The Balaban J connectivity index is 1.49. The standard InChI is InChI=1S/C25H22ClN3O4/c1-14-20-22(28-33-14)21-18(26)11-6-12-19(21)29(25(20)32)17-10-5-9-16(13-17)27-24(31)23(30)15-7-3-2-4-8-15/h2-4,6-8,11-12,16-17H,5,9-10,13H2,1H3,(H,27,31). The Morgan fingerprint density at radius 3 is 2.67 bits per heavy atom. The first kappa shape index (κ1) is 21.4. The predicted molar refractivity (Wildman–Crippen MR) is 126 cm³/mol. The molecule has 0 aliphatic heterocycles. The zero-order valence-corrected chi connectivity index (χ0v) is 18.8. The maximum atomic E-state index is 13.5. The molecule has 0 saturated heterocycles. The van der Waals surface area contributed by atoms with E-state index in [4.69, 9.17) is 16.1 Å². The van der Waals surface area contributed by atoms with Crippen molar-refractivity contribution in [1.82, 2.24) is 15.0 Å². The second kappa shape index (κ2) is 8.48. The number of carbonyl (C=O) groups is 2. The number of hydrogen-bond acceptors (Lipinski definition) is 5. The van der Waals surface area contributed by atoms with Gasteiger partial charge in [-0.05, 0) is 44.7 Å². The van der Waals surface area contributed by atoms with E-state index in [0.29, 0.717) is 44.6 Å². The second-order valence-corrected chi connectivity index (χ2v) is 8.86. The molecule has 2 aromatic carbocycles. The van der Waals surface area contributed by atoms with Gasteiger partial charge in [0.25, 0.3) is 11.5 Å². The number of ketones is 1. The highest BCUT2D eigenvalue weighted by atomic mass is 35.5. The van der Waals surface area contributed by atoms with Crippen molar-refractivity contribution in [2.75, 3.05) is 0 Å². The number of halogens is 1. The molecule has 0 spiro atoms. The van der Waals surface area contributed by atoms with Crippen LogP contribution < -0.4 is 10.9 Å². The zero-order valence-electron chi connectivity index (χ0n) is 18.0. The largest absolute Gasteiger partial charge is 0.360 e. The summed E-state index contributed by atoms with van der Waals surface area (Å²) in [6.45, 7) is 1.71. The summed E-state index contributed by atoms with van der Waals surface area (Å²) in [5, 5.41) is 8.56. The van der Waals surface area contributed by atoms with Gasteiger partial charge in [-0.1, -0.05) is 53.2 Å². The number of amides is 1. The monoisotopic (exact) mass is 463 g/mol. The molecule has 7 nitrogen and oxygen atoms in total. The first-order valence-corrected chi connectivity index (χ1v) is 11.3. The normalized spacial score (nSPS) is 18.5. The zero-order chi connectivity index (χ0) is 23.1. The quantitative estimate of drug-likeness (QED) is 0.353. The number of nitrogens with one attached hydrogen (secondary N) is 1. The molecule has 5 rings (SSSR count). The molecular weight excluding hydrogens is 442 g/mol. The van der Waals surface area contributed by atoms with Crippen LogP contribution in [0.1, 0.15) is 47.8 Å². The van der Waals surface area contributed by atoms with Crippen LogP contribution in [0.2, 0.25) is 5.02 Å². The molecule has 4 aromatic rings. The van der Waals surface area contributed by atoms with Gasteiger partial charge in [0.2, 0.25) is 5.78 Å². The Hall–Kier alpha value is -3.45. The molecule has 33 heavy (non-hydrogen) atoms. The third kappa shape index (κ3) is 3.72. The van der Waals surface area contributed by atoms with Crippen LogP contribution in [-0.4, -0.2) is 27.5 Å². The lowest BCUT2D eigenvalue weighted by Crippen LogP contribution is -2.43. The molecule has 2 atom stereocenters. The van der Waals surface area contributed by atoms with Gasteiger partial charge in [0, 0.05) is 23.0 Å². The van der Waals surface area contributed by atoms with Crippen LogP contribution >= 0.6 is 11.6 Å². The van der Waals surface area contributed by atoms with Crippen LogP contribution in [0.5, 0.6) is 0 Å². The van der Waals surface area contributed by atoms with Crippen molar-refractivity contribution in [3.05, 3.63) is 75.2 Å². The van der Waals surface area contributed by atoms with E-state index in [9.17, 15) is 14.4 Å². The molecule has 1 amide bonds. The van der Waals surface area contributed by atoms with Crippen LogP contribution in [0.4, 0.5) is 0 Å². The fourth-order valence-corrected chi connectivity index (χ4v) is 5.10. The minimum Gasteiger partial charge on any atom is -0.360 e. The Bertz CT molecular complexity index is 1440. The summed E-state index contributed by atoms with van der Waals surface area (Å²) in [5.41, 5.74) is 1.32. The number of fused-ring (bicyclic) bond motifs is 3. The molecule has 1 fully saturated rings. The van der Waals surface area contributed by atoms with Gasteiger partial charge in [-0.25, -0.2) is 0 Å². The number of nitrogens with zero attached hydrogens (tertiary/aromatic N) is 2. The fraction of sp³-hybridized carbons (Fsp3) is 0.280. The van der Waals surface area contributed by atoms with E-state index in [-0.39, 0.29) is 17.6 Å². The molecule has 168 valence electrons. The minimum absolute atomic E-state index is 0.164. The van der Waals surface area contributed by atoms with Gasteiger partial charge in [0.05, 0.1) is 10.5 Å². The van der Waals surface area contributed by atoms with Crippen molar-refractivity contribution < 1.29 is 14.1 Å². The van der Waals surface area contributed by atoms with Crippen molar-refractivity contribution in [3.63, 3.8) is 0 Å². The molecule has 2 aromatic heterocycles. The smallest absolute Gasteiger partial charge is 0.292 e. The van der Waals surface area contributed by atoms with E-state index in [1.165, 1.54) is 0 Å². The van der Waals surface area contributed by atoms with E-state index < -0.39 is 11.7 Å². The number of carbonyl (C=O) groups excluding carboxylic acids is 2. The highest BCUT2D eigenvalue weighted by Crippen LogP contribution is 2.35. The van der Waals surface area contributed by atoms with Crippen molar-refractivity contribution in [1.29, 1.82) is 0 Å². The number of benzene rings is 2. The summed E-state index contributed by atoms with van der Waals surface area (Å²) in [7, 11) is 0. The average Bonchev–Trinajstić information content (AvgIpc) is 3.21. The number of hydrogen-bond donors (Lipinski definition) is 1. The Morgan fingerprint density at radius 2 is 1.88 bits per heavy atom. The van der Waals surface area contributed by atoms with Crippen molar-refractivity contribution in [3.8, 4) is 0 Å². The van der Waals surface area contributed by atoms with E-state index in [0.717, 1.165) is 19.3 Å². The second-order valence-electron chi connectivity index (χ2n) is 8.46. The van der Waals surface area contributed by atoms with Gasteiger partial charge in [0.15, 0.2) is 0 Å². The molecule has 2 unspecified atom stereocenters. The summed E-state index contributed by atoms with van der Waals surface area (Å²) < 4.78 is 7.08. The molecule has 1 N–H and O–H groups in total. The van der Waals surface area contributed by atoms with E-state index in [2.05, 4.69) is 10.5 Å². The van der Waals surface area contributed by atoms with Crippen molar-refractivity contribution >= 4 is 45.1 Å². The third-order valence-corrected chi connectivity index (χ3v) is 6.69. The van der Waals surface area contributed by atoms with Crippen LogP contribution in [0.3, 0.4) is 0 Å². The third-order valence-electron chi connectivity index (χ3n) is 6.37. The van der Waals surface area contributed by atoms with Gasteiger partial charge >= 0.3 is 0 Å². The fourth-order valence-electron chi connectivity index (χ4n) is 4.84. The van der Waals surface area contributed by atoms with E-state index in [1.54, 1.807) is 54.0 Å². The van der Waals surface area contributed by atoms with Crippen molar-refractivity contribution in [2.45, 2.75) is 44.7 Å². The van der Waals surface area contributed by atoms with Crippen LogP contribution in [0.25, 0.3) is 21.8 Å². The molecule has 1 saturated carbocycles. The summed E-state index contributed by atoms with van der Waals surface area (Å²) in [6, 6.07) is 13.5. The number of pyridine rings is 1. The molecule has 0 bridgehead atoms. The number of aryl methyl sites for hydroxylation is 1. The molecule has 1 aliphatic rings. The van der Waals surface area contributed by atoms with Gasteiger partial charge in [-0.2, -0.15) is 0 Å². The molecule has 2 heterocycles. The minimum atomic E-state index is -0.627. The maximum absolute atomic E-state index is 13.5. The van der Waals surface area contributed by atoms with Crippen LogP contribution in [0.15, 0.2) is 57.8 Å².